The van der Waals surface area contributed by atoms with Crippen molar-refractivity contribution in [3.05, 3.63) is 48.2 Å². The SMILES string of the molecule is CCCNc1ccc(CSc2ccccc2O)cn1. The number of nitrogens with one attached hydrogen (secondary N) is 1. The minimum absolute atomic E-state index is 0.335. The van der Waals surface area contributed by atoms with Crippen molar-refractivity contribution in [1.29, 1.82) is 0 Å². The zero-order valence-electron chi connectivity index (χ0n) is 11.0. The summed E-state index contributed by atoms with van der Waals surface area (Å²) in [5.41, 5.74) is 1.15. The van der Waals surface area contributed by atoms with Gasteiger partial charge in [0, 0.05) is 23.4 Å². The number of thioether (sulfide) groups is 1. The van der Waals surface area contributed by atoms with Gasteiger partial charge >= 0.3 is 0 Å². The third-order valence-corrected chi connectivity index (χ3v) is 3.77. The molecule has 1 aromatic heterocycles. The van der Waals surface area contributed by atoms with Crippen LogP contribution in [0.2, 0.25) is 0 Å². The molecular weight excluding hydrogens is 256 g/mol. The molecule has 100 valence electrons. The van der Waals surface area contributed by atoms with Crippen LogP contribution in [0.4, 0.5) is 5.82 Å². The molecule has 1 heterocycles. The first-order chi connectivity index (χ1) is 9.29. The number of para-hydroxylation sites is 1. The topological polar surface area (TPSA) is 45.1 Å². The summed E-state index contributed by atoms with van der Waals surface area (Å²) >= 11 is 1.61. The van der Waals surface area contributed by atoms with Gasteiger partial charge in [-0.25, -0.2) is 4.98 Å². The van der Waals surface area contributed by atoms with Crippen LogP contribution >= 0.6 is 11.8 Å². The average molecular weight is 274 g/mol. The third-order valence-electron chi connectivity index (χ3n) is 2.64. The summed E-state index contributed by atoms with van der Waals surface area (Å²) in [6, 6.07) is 11.4. The van der Waals surface area contributed by atoms with E-state index >= 15 is 0 Å². The lowest BCUT2D eigenvalue weighted by molar-refractivity contribution is 0.462. The van der Waals surface area contributed by atoms with E-state index in [0.717, 1.165) is 35.0 Å². The van der Waals surface area contributed by atoms with Gasteiger partial charge in [-0.15, -0.1) is 11.8 Å². The van der Waals surface area contributed by atoms with Crippen molar-refractivity contribution < 1.29 is 5.11 Å². The number of phenols is 1. The number of anilines is 1. The fourth-order valence-electron chi connectivity index (χ4n) is 1.61. The minimum Gasteiger partial charge on any atom is -0.507 e. The van der Waals surface area contributed by atoms with Gasteiger partial charge in [-0.1, -0.05) is 25.1 Å². The molecular formula is C15H18N2OS. The van der Waals surface area contributed by atoms with Crippen molar-refractivity contribution in [3.63, 3.8) is 0 Å². The Morgan fingerprint density at radius 1 is 1.21 bits per heavy atom. The fraction of sp³-hybridized carbons (Fsp3) is 0.267. The highest BCUT2D eigenvalue weighted by Crippen LogP contribution is 2.30. The van der Waals surface area contributed by atoms with Crippen molar-refractivity contribution in [2.75, 3.05) is 11.9 Å². The number of phenolic OH excluding ortho intramolecular Hbond substituents is 1. The van der Waals surface area contributed by atoms with E-state index in [4.69, 9.17) is 0 Å². The molecule has 0 saturated heterocycles. The number of rotatable bonds is 6. The van der Waals surface area contributed by atoms with Gasteiger partial charge in [0.2, 0.25) is 0 Å². The van der Waals surface area contributed by atoms with Crippen LogP contribution in [0.5, 0.6) is 5.75 Å². The summed E-state index contributed by atoms with van der Waals surface area (Å²) in [5, 5.41) is 12.9. The van der Waals surface area contributed by atoms with Gasteiger partial charge in [0.25, 0.3) is 0 Å². The fourth-order valence-corrected chi connectivity index (χ4v) is 2.49. The Hall–Kier alpha value is -1.68. The van der Waals surface area contributed by atoms with Crippen molar-refractivity contribution >= 4 is 17.6 Å². The van der Waals surface area contributed by atoms with Gasteiger partial charge in [-0.2, -0.15) is 0 Å². The van der Waals surface area contributed by atoms with Crippen molar-refractivity contribution in [1.82, 2.24) is 4.98 Å². The highest BCUT2D eigenvalue weighted by Gasteiger charge is 2.01. The second-order valence-corrected chi connectivity index (χ2v) is 5.25. The molecule has 0 fully saturated rings. The van der Waals surface area contributed by atoms with Gasteiger partial charge in [0.1, 0.15) is 11.6 Å². The summed E-state index contributed by atoms with van der Waals surface area (Å²) in [5.74, 6) is 2.05. The Labute approximate surface area is 118 Å². The van der Waals surface area contributed by atoms with Crippen LogP contribution < -0.4 is 5.32 Å². The molecule has 0 bridgehead atoms. The number of hydrogen-bond donors (Lipinski definition) is 2. The lowest BCUT2D eigenvalue weighted by Gasteiger charge is -2.06. The largest absolute Gasteiger partial charge is 0.507 e. The van der Waals surface area contributed by atoms with Crippen LogP contribution in [0.1, 0.15) is 18.9 Å². The first kappa shape index (κ1) is 13.7. The summed E-state index contributed by atoms with van der Waals surface area (Å²) in [7, 11) is 0. The Kier molecular flexibility index (Phi) is 5.10. The van der Waals surface area contributed by atoms with Crippen LogP contribution in [0.3, 0.4) is 0 Å². The van der Waals surface area contributed by atoms with Gasteiger partial charge in [-0.3, -0.25) is 0 Å². The van der Waals surface area contributed by atoms with Crippen LogP contribution in [0.25, 0.3) is 0 Å². The number of pyridine rings is 1. The molecule has 1 aromatic carbocycles. The highest BCUT2D eigenvalue weighted by molar-refractivity contribution is 7.98. The normalized spacial score (nSPS) is 10.4. The Bertz CT molecular complexity index is 514. The summed E-state index contributed by atoms with van der Waals surface area (Å²) in [6.07, 6.45) is 2.97. The number of nitrogens with zero attached hydrogens (tertiary/aromatic N) is 1. The second-order valence-electron chi connectivity index (χ2n) is 4.23. The van der Waals surface area contributed by atoms with E-state index in [1.807, 2.05) is 30.5 Å². The predicted octanol–water partition coefficient (Wildman–Crippen LogP) is 3.90. The van der Waals surface area contributed by atoms with Gasteiger partial charge in [-0.05, 0) is 30.2 Å². The number of aromatic hydroxyl groups is 1. The Balaban J connectivity index is 1.91. The number of benzene rings is 1. The zero-order valence-corrected chi connectivity index (χ0v) is 11.8. The van der Waals surface area contributed by atoms with E-state index in [9.17, 15) is 5.11 Å². The maximum atomic E-state index is 9.68. The molecule has 0 amide bonds. The predicted molar refractivity (Wildman–Crippen MR) is 80.7 cm³/mol. The van der Waals surface area contributed by atoms with Gasteiger partial charge < -0.3 is 10.4 Å². The molecule has 0 atom stereocenters. The minimum atomic E-state index is 0.335. The summed E-state index contributed by atoms with van der Waals surface area (Å²) < 4.78 is 0. The molecule has 2 aromatic rings. The lowest BCUT2D eigenvalue weighted by atomic mass is 10.3. The Morgan fingerprint density at radius 3 is 2.74 bits per heavy atom. The molecule has 0 aliphatic rings. The van der Waals surface area contributed by atoms with E-state index < -0.39 is 0 Å². The highest BCUT2D eigenvalue weighted by atomic mass is 32.2. The van der Waals surface area contributed by atoms with Crippen molar-refractivity contribution in [3.8, 4) is 5.75 Å². The summed E-state index contributed by atoms with van der Waals surface area (Å²) in [4.78, 5) is 5.26. The zero-order chi connectivity index (χ0) is 13.5. The molecule has 2 N–H and O–H groups in total. The first-order valence-electron chi connectivity index (χ1n) is 6.39. The first-order valence-corrected chi connectivity index (χ1v) is 7.37. The molecule has 0 saturated carbocycles. The van der Waals surface area contributed by atoms with E-state index in [-0.39, 0.29) is 0 Å². The smallest absolute Gasteiger partial charge is 0.129 e. The van der Waals surface area contributed by atoms with E-state index in [1.54, 1.807) is 17.8 Å². The quantitative estimate of drug-likeness (QED) is 0.784. The molecule has 4 heteroatoms. The molecule has 0 aliphatic heterocycles. The standard InChI is InChI=1S/C15H18N2OS/c1-2-9-16-15-8-7-12(10-17-15)11-19-14-6-4-3-5-13(14)18/h3-8,10,18H,2,9,11H2,1H3,(H,16,17). The molecule has 3 nitrogen and oxygen atoms in total. The van der Waals surface area contributed by atoms with E-state index in [0.29, 0.717) is 5.75 Å². The van der Waals surface area contributed by atoms with E-state index in [1.165, 1.54) is 0 Å². The second kappa shape index (κ2) is 7.04. The Morgan fingerprint density at radius 2 is 2.05 bits per heavy atom. The van der Waals surface area contributed by atoms with Crippen LogP contribution in [0, 0.1) is 0 Å². The molecule has 0 radical (unpaired) electrons. The van der Waals surface area contributed by atoms with Gasteiger partial charge in [0.15, 0.2) is 0 Å². The molecule has 19 heavy (non-hydrogen) atoms. The maximum Gasteiger partial charge on any atom is 0.129 e. The number of aromatic nitrogens is 1. The third kappa shape index (κ3) is 4.17. The molecule has 0 unspecified atom stereocenters. The van der Waals surface area contributed by atoms with Crippen molar-refractivity contribution in [2.24, 2.45) is 0 Å². The average Bonchev–Trinajstić information content (AvgIpc) is 2.45. The molecule has 0 spiro atoms. The number of hydrogen-bond acceptors (Lipinski definition) is 4. The summed E-state index contributed by atoms with van der Waals surface area (Å²) in [6.45, 7) is 3.07. The molecule has 0 aliphatic carbocycles. The van der Waals surface area contributed by atoms with Gasteiger partial charge in [0.05, 0.1) is 0 Å². The van der Waals surface area contributed by atoms with Crippen molar-refractivity contribution in [2.45, 2.75) is 24.0 Å². The van der Waals surface area contributed by atoms with Crippen LogP contribution in [-0.2, 0) is 5.75 Å². The molecule has 2 rings (SSSR count). The van der Waals surface area contributed by atoms with Crippen LogP contribution in [-0.4, -0.2) is 16.6 Å². The lowest BCUT2D eigenvalue weighted by Crippen LogP contribution is -2.01. The monoisotopic (exact) mass is 274 g/mol. The maximum absolute atomic E-state index is 9.68. The van der Waals surface area contributed by atoms with E-state index in [2.05, 4.69) is 23.3 Å². The van der Waals surface area contributed by atoms with Crippen LogP contribution in [0.15, 0.2) is 47.5 Å².